The van der Waals surface area contributed by atoms with E-state index in [1.807, 2.05) is 12.1 Å². The van der Waals surface area contributed by atoms with Crippen molar-refractivity contribution in [3.05, 3.63) is 39.9 Å². The minimum atomic E-state index is -0.312. The van der Waals surface area contributed by atoms with Crippen LogP contribution in [0.1, 0.15) is 12.0 Å². The summed E-state index contributed by atoms with van der Waals surface area (Å²) in [6.07, 6.45) is 0.924. The van der Waals surface area contributed by atoms with Gasteiger partial charge >= 0.3 is 0 Å². The predicted molar refractivity (Wildman–Crippen MR) is 72.5 cm³/mol. The van der Waals surface area contributed by atoms with Crippen molar-refractivity contribution in [1.29, 1.82) is 0 Å². The van der Waals surface area contributed by atoms with E-state index in [-0.39, 0.29) is 16.1 Å². The van der Waals surface area contributed by atoms with Crippen molar-refractivity contribution < 1.29 is 14.4 Å². The van der Waals surface area contributed by atoms with Gasteiger partial charge in [-0.15, -0.1) is 0 Å². The first-order chi connectivity index (χ1) is 9.71. The van der Waals surface area contributed by atoms with Crippen LogP contribution in [0.25, 0.3) is 0 Å². The van der Waals surface area contributed by atoms with Gasteiger partial charge in [0.1, 0.15) is 0 Å². The average molecular weight is 278 g/mol. The van der Waals surface area contributed by atoms with Crippen LogP contribution < -0.4 is 0 Å². The van der Waals surface area contributed by atoms with Crippen LogP contribution in [0.2, 0.25) is 0 Å². The number of nitrogens with zero attached hydrogens (tertiary/aromatic N) is 2. The van der Waals surface area contributed by atoms with Crippen molar-refractivity contribution >= 4 is 5.69 Å². The third-order valence-corrected chi connectivity index (χ3v) is 4.18. The number of hydrogen-bond acceptors (Lipinski definition) is 5. The Morgan fingerprint density at radius 2 is 2.00 bits per heavy atom. The third kappa shape index (κ3) is 2.42. The van der Waals surface area contributed by atoms with E-state index in [9.17, 15) is 10.1 Å². The minimum absolute atomic E-state index is 0.109. The van der Waals surface area contributed by atoms with Crippen molar-refractivity contribution in [2.45, 2.75) is 18.5 Å². The van der Waals surface area contributed by atoms with Crippen LogP contribution in [0, 0.1) is 10.1 Å². The lowest BCUT2D eigenvalue weighted by Gasteiger charge is -2.43. The quantitative estimate of drug-likeness (QED) is 0.620. The molecule has 0 bridgehead atoms. The Morgan fingerprint density at radius 3 is 2.75 bits per heavy atom. The van der Waals surface area contributed by atoms with Gasteiger partial charge in [-0.25, -0.2) is 0 Å². The normalized spacial score (nSPS) is 27.0. The van der Waals surface area contributed by atoms with Crippen molar-refractivity contribution in [3.63, 3.8) is 0 Å². The van der Waals surface area contributed by atoms with Gasteiger partial charge in [-0.1, -0.05) is 18.2 Å². The molecule has 3 rings (SSSR count). The van der Waals surface area contributed by atoms with E-state index in [4.69, 9.17) is 9.47 Å². The number of nitro groups is 1. The Morgan fingerprint density at radius 1 is 1.25 bits per heavy atom. The van der Waals surface area contributed by atoms with Crippen molar-refractivity contribution in [2.75, 3.05) is 33.0 Å². The number of hydrogen-bond donors (Lipinski definition) is 0. The number of rotatable bonds is 3. The Balaban J connectivity index is 1.84. The highest BCUT2D eigenvalue weighted by molar-refractivity contribution is 5.39. The molecule has 2 fully saturated rings. The summed E-state index contributed by atoms with van der Waals surface area (Å²) < 4.78 is 11.1. The van der Waals surface area contributed by atoms with Gasteiger partial charge in [0.25, 0.3) is 5.69 Å². The minimum Gasteiger partial charge on any atom is -0.379 e. The van der Waals surface area contributed by atoms with Gasteiger partial charge in [0.2, 0.25) is 0 Å². The fraction of sp³-hybridized carbons (Fsp3) is 0.571. The van der Waals surface area contributed by atoms with Crippen LogP contribution in [0.3, 0.4) is 0 Å². The molecule has 0 radical (unpaired) electrons. The number of nitro benzene ring substituents is 1. The smallest absolute Gasteiger partial charge is 0.273 e. The fourth-order valence-electron chi connectivity index (χ4n) is 3.00. The molecular weight excluding hydrogens is 260 g/mol. The highest BCUT2D eigenvalue weighted by Gasteiger charge is 2.43. The lowest BCUT2D eigenvalue weighted by molar-refractivity contribution is -0.385. The molecule has 6 heteroatoms. The maximum absolute atomic E-state index is 11.1. The summed E-state index contributed by atoms with van der Waals surface area (Å²) in [6.45, 7) is 4.06. The lowest BCUT2D eigenvalue weighted by Crippen LogP contribution is -2.56. The first-order valence-corrected chi connectivity index (χ1v) is 6.84. The molecule has 1 atom stereocenters. The largest absolute Gasteiger partial charge is 0.379 e. The highest BCUT2D eigenvalue weighted by atomic mass is 16.6. The summed E-state index contributed by atoms with van der Waals surface area (Å²) in [7, 11) is 0. The molecule has 1 aromatic carbocycles. The molecule has 1 unspecified atom stereocenters. The van der Waals surface area contributed by atoms with Gasteiger partial charge in [-0.3, -0.25) is 15.0 Å². The van der Waals surface area contributed by atoms with Gasteiger partial charge in [-0.2, -0.15) is 0 Å². The van der Waals surface area contributed by atoms with Gasteiger partial charge < -0.3 is 9.47 Å². The molecule has 2 heterocycles. The van der Waals surface area contributed by atoms with E-state index in [1.165, 1.54) is 0 Å². The van der Waals surface area contributed by atoms with Crippen molar-refractivity contribution in [1.82, 2.24) is 4.90 Å². The maximum atomic E-state index is 11.1. The second-order valence-electron chi connectivity index (χ2n) is 5.39. The zero-order chi connectivity index (χ0) is 14.0. The Hall–Kier alpha value is -1.50. The molecular formula is C14H18N2O4. The van der Waals surface area contributed by atoms with Crippen LogP contribution in [-0.4, -0.2) is 48.3 Å². The van der Waals surface area contributed by atoms with Gasteiger partial charge in [0.05, 0.1) is 30.3 Å². The zero-order valence-electron chi connectivity index (χ0n) is 11.3. The first-order valence-electron chi connectivity index (χ1n) is 6.84. The molecule has 2 aliphatic heterocycles. The average Bonchev–Trinajstić information content (AvgIpc) is 2.91. The highest BCUT2D eigenvalue weighted by Crippen LogP contribution is 2.32. The summed E-state index contributed by atoms with van der Waals surface area (Å²) in [5, 5.41) is 11.1. The monoisotopic (exact) mass is 278 g/mol. The lowest BCUT2D eigenvalue weighted by atomic mass is 9.95. The van der Waals surface area contributed by atoms with Gasteiger partial charge in [-0.05, 0) is 6.42 Å². The zero-order valence-corrected chi connectivity index (χ0v) is 11.3. The molecule has 6 nitrogen and oxygen atoms in total. The fourth-order valence-corrected chi connectivity index (χ4v) is 3.00. The van der Waals surface area contributed by atoms with Gasteiger partial charge in [0, 0.05) is 31.3 Å². The molecule has 0 saturated carbocycles. The molecule has 0 aromatic heterocycles. The van der Waals surface area contributed by atoms with E-state index >= 15 is 0 Å². The van der Waals surface area contributed by atoms with Crippen LogP contribution in [0.5, 0.6) is 0 Å². The molecule has 2 saturated heterocycles. The standard InChI is InChI=1S/C14H18N2O4/c17-16(18)13-4-2-1-3-12(13)9-15-6-8-20-11-14(15)5-7-19-10-14/h1-4H,5-11H2. The Kier molecular flexibility index (Phi) is 3.69. The van der Waals surface area contributed by atoms with Gasteiger partial charge in [0.15, 0.2) is 0 Å². The van der Waals surface area contributed by atoms with Crippen LogP contribution >= 0.6 is 0 Å². The number of para-hydroxylation sites is 1. The Bertz CT molecular complexity index is 500. The number of ether oxygens (including phenoxy) is 2. The van der Waals surface area contributed by atoms with Crippen LogP contribution in [-0.2, 0) is 16.0 Å². The molecule has 0 amide bonds. The van der Waals surface area contributed by atoms with Crippen molar-refractivity contribution in [3.8, 4) is 0 Å². The molecule has 1 aromatic rings. The summed E-state index contributed by atoms with van der Waals surface area (Å²) in [5.74, 6) is 0. The van der Waals surface area contributed by atoms with E-state index in [0.717, 1.165) is 25.1 Å². The molecule has 20 heavy (non-hydrogen) atoms. The SMILES string of the molecule is O=[N+]([O-])c1ccccc1CN1CCOCC12CCOC2. The Labute approximate surface area is 117 Å². The summed E-state index contributed by atoms with van der Waals surface area (Å²) in [6, 6.07) is 6.95. The second kappa shape index (κ2) is 5.47. The number of morpholine rings is 1. The van der Waals surface area contributed by atoms with Crippen molar-refractivity contribution in [2.24, 2.45) is 0 Å². The first kappa shape index (κ1) is 13.5. The van der Waals surface area contributed by atoms with E-state index in [2.05, 4.69) is 4.90 Å². The molecule has 2 aliphatic rings. The predicted octanol–water partition coefficient (Wildman–Crippen LogP) is 1.59. The summed E-state index contributed by atoms with van der Waals surface area (Å²) in [5.41, 5.74) is 0.834. The van der Waals surface area contributed by atoms with E-state index in [1.54, 1.807) is 12.1 Å². The van der Waals surface area contributed by atoms with E-state index < -0.39 is 0 Å². The molecule has 1 spiro atoms. The molecule has 108 valence electrons. The topological polar surface area (TPSA) is 64.8 Å². The summed E-state index contributed by atoms with van der Waals surface area (Å²) >= 11 is 0. The third-order valence-electron chi connectivity index (χ3n) is 4.18. The molecule has 0 N–H and O–H groups in total. The second-order valence-corrected chi connectivity index (χ2v) is 5.39. The van der Waals surface area contributed by atoms with E-state index in [0.29, 0.717) is 26.4 Å². The van der Waals surface area contributed by atoms with Crippen LogP contribution in [0.15, 0.2) is 24.3 Å². The van der Waals surface area contributed by atoms with Crippen LogP contribution in [0.4, 0.5) is 5.69 Å². The summed E-state index contributed by atoms with van der Waals surface area (Å²) in [4.78, 5) is 13.1. The molecule has 0 aliphatic carbocycles. The number of benzene rings is 1. The maximum Gasteiger partial charge on any atom is 0.273 e.